The van der Waals surface area contributed by atoms with Gasteiger partial charge in [0.2, 0.25) is 0 Å². The zero-order chi connectivity index (χ0) is 12.6. The van der Waals surface area contributed by atoms with E-state index in [-0.39, 0.29) is 5.56 Å². The van der Waals surface area contributed by atoms with Crippen LogP contribution in [0.25, 0.3) is 0 Å². The molecule has 0 radical (unpaired) electrons. The summed E-state index contributed by atoms with van der Waals surface area (Å²) in [6.07, 6.45) is 0. The fourth-order valence-electron chi connectivity index (χ4n) is 1.83. The van der Waals surface area contributed by atoms with Crippen LogP contribution in [0.15, 0.2) is 24.3 Å². The van der Waals surface area contributed by atoms with Crippen molar-refractivity contribution in [2.45, 2.75) is 13.0 Å². The Morgan fingerprint density at radius 1 is 1.29 bits per heavy atom. The van der Waals surface area contributed by atoms with Crippen LogP contribution >= 0.6 is 0 Å². The van der Waals surface area contributed by atoms with Gasteiger partial charge in [0.05, 0.1) is 17.4 Å². The lowest BCUT2D eigenvalue weighted by Crippen LogP contribution is -2.17. The van der Waals surface area contributed by atoms with Crippen molar-refractivity contribution in [1.29, 1.82) is 0 Å². The molecule has 2 aromatic rings. The second kappa shape index (κ2) is 4.25. The molecule has 0 saturated heterocycles. The van der Waals surface area contributed by atoms with Crippen LogP contribution in [0.1, 0.15) is 23.0 Å². The van der Waals surface area contributed by atoms with Crippen molar-refractivity contribution in [2.24, 2.45) is 12.8 Å². The molecule has 2 rings (SSSR count). The number of aromatic nitrogens is 2. The van der Waals surface area contributed by atoms with Crippen molar-refractivity contribution in [3.05, 3.63) is 52.9 Å². The van der Waals surface area contributed by atoms with Crippen molar-refractivity contribution in [3.8, 4) is 0 Å². The van der Waals surface area contributed by atoms with E-state index in [0.29, 0.717) is 5.69 Å². The molecule has 2 N–H and O–H groups in total. The third-order valence-corrected chi connectivity index (χ3v) is 2.65. The maximum absolute atomic E-state index is 13.6. The quantitative estimate of drug-likeness (QED) is 0.868. The summed E-state index contributed by atoms with van der Waals surface area (Å²) in [5, 5.41) is 4.13. The molecule has 3 nitrogen and oxygen atoms in total. The minimum Gasteiger partial charge on any atom is -0.319 e. The van der Waals surface area contributed by atoms with Crippen LogP contribution in [-0.2, 0) is 7.05 Å². The number of nitrogens with zero attached hydrogens (tertiary/aromatic N) is 2. The molecule has 0 saturated carbocycles. The molecular formula is C12H13F2N3. The molecule has 1 unspecified atom stereocenters. The van der Waals surface area contributed by atoms with Gasteiger partial charge in [0, 0.05) is 12.6 Å². The number of hydrogen-bond acceptors (Lipinski definition) is 2. The molecule has 1 aromatic carbocycles. The number of nitrogens with two attached hydrogens (primary N) is 1. The lowest BCUT2D eigenvalue weighted by molar-refractivity contribution is 0.567. The van der Waals surface area contributed by atoms with Gasteiger partial charge in [-0.1, -0.05) is 0 Å². The predicted octanol–water partition coefficient (Wildman–Crippen LogP) is 2.05. The summed E-state index contributed by atoms with van der Waals surface area (Å²) in [5.74, 6) is -1.02. The molecule has 1 heterocycles. The zero-order valence-corrected chi connectivity index (χ0v) is 9.61. The summed E-state index contributed by atoms with van der Waals surface area (Å²) in [4.78, 5) is 0. The molecule has 5 heteroatoms. The highest BCUT2D eigenvalue weighted by Gasteiger charge is 2.18. The van der Waals surface area contributed by atoms with E-state index >= 15 is 0 Å². The molecule has 17 heavy (non-hydrogen) atoms. The normalized spacial score (nSPS) is 12.8. The highest BCUT2D eigenvalue weighted by molar-refractivity contribution is 5.30. The first-order valence-corrected chi connectivity index (χ1v) is 5.20. The number of rotatable bonds is 2. The average Bonchev–Trinajstić information content (AvgIpc) is 2.60. The van der Waals surface area contributed by atoms with Crippen LogP contribution in [0.5, 0.6) is 0 Å². The zero-order valence-electron chi connectivity index (χ0n) is 9.61. The smallest absolute Gasteiger partial charge is 0.128 e. The van der Waals surface area contributed by atoms with Gasteiger partial charge in [0.25, 0.3) is 0 Å². The van der Waals surface area contributed by atoms with Crippen molar-refractivity contribution in [1.82, 2.24) is 9.78 Å². The standard InChI is InChI=1S/C12H13F2N3/c1-7-5-11(17(2)16-7)12(15)9-6-8(13)3-4-10(9)14/h3-6,12H,15H2,1-2H3. The van der Waals surface area contributed by atoms with E-state index in [4.69, 9.17) is 5.73 Å². The summed E-state index contributed by atoms with van der Waals surface area (Å²) >= 11 is 0. The van der Waals surface area contributed by atoms with Crippen LogP contribution in [-0.4, -0.2) is 9.78 Å². The van der Waals surface area contributed by atoms with E-state index in [9.17, 15) is 8.78 Å². The van der Waals surface area contributed by atoms with Crippen molar-refractivity contribution in [2.75, 3.05) is 0 Å². The largest absolute Gasteiger partial charge is 0.319 e. The summed E-state index contributed by atoms with van der Waals surface area (Å²) in [6, 6.07) is 4.29. The number of benzene rings is 1. The topological polar surface area (TPSA) is 43.8 Å². The lowest BCUT2D eigenvalue weighted by Gasteiger charge is -2.13. The van der Waals surface area contributed by atoms with Gasteiger partial charge in [-0.05, 0) is 31.2 Å². The van der Waals surface area contributed by atoms with Gasteiger partial charge in [0.1, 0.15) is 11.6 Å². The molecule has 1 aromatic heterocycles. The van der Waals surface area contributed by atoms with E-state index in [2.05, 4.69) is 5.10 Å². The van der Waals surface area contributed by atoms with Gasteiger partial charge in [-0.2, -0.15) is 5.10 Å². The third kappa shape index (κ3) is 2.19. The maximum Gasteiger partial charge on any atom is 0.128 e. The number of hydrogen-bond donors (Lipinski definition) is 1. The van der Waals surface area contributed by atoms with Crippen molar-refractivity contribution < 1.29 is 8.78 Å². The Morgan fingerprint density at radius 2 is 2.00 bits per heavy atom. The molecule has 0 amide bonds. The first kappa shape index (κ1) is 11.7. The van der Waals surface area contributed by atoms with Crippen LogP contribution in [0.4, 0.5) is 8.78 Å². The van der Waals surface area contributed by atoms with Gasteiger partial charge in [-0.3, -0.25) is 4.68 Å². The highest BCUT2D eigenvalue weighted by Crippen LogP contribution is 2.23. The first-order valence-electron chi connectivity index (χ1n) is 5.20. The van der Waals surface area contributed by atoms with E-state index in [1.54, 1.807) is 17.8 Å². The van der Waals surface area contributed by atoms with Gasteiger partial charge in [0.15, 0.2) is 0 Å². The Labute approximate surface area is 97.9 Å². The second-order valence-corrected chi connectivity index (χ2v) is 3.98. The molecule has 0 fully saturated rings. The lowest BCUT2D eigenvalue weighted by atomic mass is 10.0. The van der Waals surface area contributed by atoms with E-state index < -0.39 is 17.7 Å². The van der Waals surface area contributed by atoms with E-state index in [1.807, 2.05) is 6.92 Å². The molecule has 1 atom stereocenters. The molecule has 0 aliphatic carbocycles. The van der Waals surface area contributed by atoms with Crippen LogP contribution < -0.4 is 5.73 Å². The first-order chi connectivity index (χ1) is 7.99. The van der Waals surface area contributed by atoms with Gasteiger partial charge in [-0.25, -0.2) is 8.78 Å². The van der Waals surface area contributed by atoms with Crippen LogP contribution in [0.2, 0.25) is 0 Å². The minimum atomic E-state index is -0.725. The minimum absolute atomic E-state index is 0.132. The Bertz CT molecular complexity index is 549. The molecule has 90 valence electrons. The number of halogens is 2. The second-order valence-electron chi connectivity index (χ2n) is 3.98. The molecular weight excluding hydrogens is 224 g/mol. The SMILES string of the molecule is Cc1cc(C(N)c2cc(F)ccc2F)n(C)n1. The summed E-state index contributed by atoms with van der Waals surface area (Å²) < 4.78 is 28.2. The Morgan fingerprint density at radius 3 is 2.59 bits per heavy atom. The van der Waals surface area contributed by atoms with Gasteiger partial charge in [-0.15, -0.1) is 0 Å². The fraction of sp³-hybridized carbons (Fsp3) is 0.250. The third-order valence-electron chi connectivity index (χ3n) is 2.65. The molecule has 0 aliphatic rings. The van der Waals surface area contributed by atoms with Crippen LogP contribution in [0.3, 0.4) is 0 Å². The predicted molar refractivity (Wildman–Crippen MR) is 60.3 cm³/mol. The number of aryl methyl sites for hydroxylation is 2. The fourth-order valence-corrected chi connectivity index (χ4v) is 1.83. The molecule has 0 bridgehead atoms. The summed E-state index contributed by atoms with van der Waals surface area (Å²) in [6.45, 7) is 1.82. The van der Waals surface area contributed by atoms with Crippen molar-refractivity contribution in [3.63, 3.8) is 0 Å². The summed E-state index contributed by atoms with van der Waals surface area (Å²) in [7, 11) is 1.72. The van der Waals surface area contributed by atoms with E-state index in [0.717, 1.165) is 23.9 Å². The molecule has 0 spiro atoms. The highest BCUT2D eigenvalue weighted by atomic mass is 19.1. The average molecular weight is 237 g/mol. The Kier molecular flexibility index (Phi) is 2.93. The Hall–Kier alpha value is -1.75. The van der Waals surface area contributed by atoms with Crippen molar-refractivity contribution >= 4 is 0 Å². The van der Waals surface area contributed by atoms with E-state index in [1.165, 1.54) is 0 Å². The summed E-state index contributed by atoms with van der Waals surface area (Å²) in [5.41, 5.74) is 7.50. The molecule has 0 aliphatic heterocycles. The monoisotopic (exact) mass is 237 g/mol. The van der Waals surface area contributed by atoms with Gasteiger partial charge >= 0.3 is 0 Å². The van der Waals surface area contributed by atoms with Crippen LogP contribution in [0, 0.1) is 18.6 Å². The maximum atomic E-state index is 13.6. The van der Waals surface area contributed by atoms with Gasteiger partial charge < -0.3 is 5.73 Å². The Balaban J connectivity index is 2.46.